The number of nitrogens with zero attached hydrogens (tertiary/aromatic N) is 1. The average Bonchev–Trinajstić information content (AvgIpc) is 2.54. The zero-order valence-electron chi connectivity index (χ0n) is 14.9. The fourth-order valence-electron chi connectivity index (χ4n) is 2.04. The minimum atomic E-state index is -3.14. The van der Waals surface area contributed by atoms with Crippen LogP contribution in [0.5, 0.6) is 5.75 Å². The van der Waals surface area contributed by atoms with Crippen LogP contribution in [0.2, 0.25) is 5.02 Å². The molecule has 0 fully saturated rings. The van der Waals surface area contributed by atoms with Crippen molar-refractivity contribution in [2.24, 2.45) is 4.99 Å². The summed E-state index contributed by atoms with van der Waals surface area (Å²) in [4.78, 5) is 4.42. The number of rotatable bonds is 10. The van der Waals surface area contributed by atoms with Crippen molar-refractivity contribution in [3.05, 3.63) is 28.8 Å². The van der Waals surface area contributed by atoms with Crippen molar-refractivity contribution in [2.45, 2.75) is 19.8 Å². The van der Waals surface area contributed by atoms with Crippen LogP contribution in [-0.2, 0) is 16.4 Å². The number of benzene rings is 1. The minimum Gasteiger partial charge on any atom is -0.497 e. The van der Waals surface area contributed by atoms with Crippen LogP contribution in [0.25, 0.3) is 0 Å². The molecule has 142 valence electrons. The third kappa shape index (κ3) is 9.52. The molecule has 7 nitrogen and oxygen atoms in total. The third-order valence-corrected chi connectivity index (χ3v) is 4.34. The van der Waals surface area contributed by atoms with E-state index in [1.165, 1.54) is 0 Å². The topological polar surface area (TPSA) is 91.8 Å². The molecule has 1 aromatic rings. The van der Waals surface area contributed by atoms with E-state index in [4.69, 9.17) is 16.3 Å². The highest BCUT2D eigenvalue weighted by Gasteiger charge is 2.04. The van der Waals surface area contributed by atoms with Crippen LogP contribution in [0.3, 0.4) is 0 Å². The summed E-state index contributed by atoms with van der Waals surface area (Å²) < 4.78 is 29.6. The minimum absolute atomic E-state index is 0.378. The summed E-state index contributed by atoms with van der Waals surface area (Å²) in [5, 5.41) is 7.07. The molecule has 0 atom stereocenters. The molecule has 0 unspecified atom stereocenters. The maximum absolute atomic E-state index is 11.0. The molecule has 0 spiro atoms. The van der Waals surface area contributed by atoms with E-state index in [-0.39, 0.29) is 0 Å². The van der Waals surface area contributed by atoms with Crippen molar-refractivity contribution in [3.63, 3.8) is 0 Å². The second-order valence-electron chi connectivity index (χ2n) is 5.41. The standard InChI is InChI=1S/C16H27ClN4O3S/c1-4-18-16(19-9-5-10-21-25(3,22)23)20-11-8-13-6-7-14(24-2)12-15(13)17/h6-7,12,21H,4-5,8-11H2,1-3H3,(H2,18,19,20). The maximum atomic E-state index is 11.0. The normalized spacial score (nSPS) is 12.1. The highest BCUT2D eigenvalue weighted by atomic mass is 35.5. The zero-order valence-corrected chi connectivity index (χ0v) is 16.5. The van der Waals surface area contributed by atoms with Crippen molar-refractivity contribution in [3.8, 4) is 5.75 Å². The Labute approximate surface area is 155 Å². The molecule has 25 heavy (non-hydrogen) atoms. The number of halogens is 1. The number of nitrogens with one attached hydrogen (secondary N) is 3. The third-order valence-electron chi connectivity index (χ3n) is 3.26. The smallest absolute Gasteiger partial charge is 0.208 e. The lowest BCUT2D eigenvalue weighted by Crippen LogP contribution is -2.38. The molecule has 0 amide bonds. The second-order valence-corrected chi connectivity index (χ2v) is 7.66. The van der Waals surface area contributed by atoms with Crippen LogP contribution in [0.4, 0.5) is 0 Å². The van der Waals surface area contributed by atoms with Gasteiger partial charge in [-0.25, -0.2) is 13.1 Å². The number of aliphatic imine (C=N–C) groups is 1. The van der Waals surface area contributed by atoms with Gasteiger partial charge in [0.05, 0.1) is 13.4 Å². The van der Waals surface area contributed by atoms with Gasteiger partial charge in [0.25, 0.3) is 0 Å². The highest BCUT2D eigenvalue weighted by Crippen LogP contribution is 2.22. The molecule has 0 saturated carbocycles. The summed E-state index contributed by atoms with van der Waals surface area (Å²) in [6, 6.07) is 5.63. The van der Waals surface area contributed by atoms with Crippen LogP contribution >= 0.6 is 11.6 Å². The molecule has 0 aromatic heterocycles. The van der Waals surface area contributed by atoms with Crippen LogP contribution < -0.4 is 20.1 Å². The van der Waals surface area contributed by atoms with E-state index < -0.39 is 10.0 Å². The molecule has 0 aliphatic carbocycles. The molecule has 1 rings (SSSR count). The molecular weight excluding hydrogens is 364 g/mol. The SMILES string of the molecule is CCNC(=NCCCNS(C)(=O)=O)NCCc1ccc(OC)cc1Cl. The van der Waals surface area contributed by atoms with Gasteiger partial charge in [-0.3, -0.25) is 4.99 Å². The second kappa shape index (κ2) is 11.2. The van der Waals surface area contributed by atoms with E-state index in [2.05, 4.69) is 20.3 Å². The number of methoxy groups -OCH3 is 1. The van der Waals surface area contributed by atoms with E-state index in [0.717, 1.165) is 30.5 Å². The first-order valence-electron chi connectivity index (χ1n) is 8.15. The van der Waals surface area contributed by atoms with Crippen molar-refractivity contribution in [2.75, 3.05) is 39.5 Å². The summed E-state index contributed by atoms with van der Waals surface area (Å²) in [6.07, 6.45) is 2.53. The van der Waals surface area contributed by atoms with E-state index >= 15 is 0 Å². The summed E-state index contributed by atoms with van der Waals surface area (Å²) in [5.74, 6) is 1.44. The quantitative estimate of drug-likeness (QED) is 0.319. The average molecular weight is 391 g/mol. The van der Waals surface area contributed by atoms with Crippen molar-refractivity contribution < 1.29 is 13.2 Å². The number of guanidine groups is 1. The number of hydrogen-bond acceptors (Lipinski definition) is 4. The Morgan fingerprint density at radius 1 is 1.28 bits per heavy atom. The number of hydrogen-bond donors (Lipinski definition) is 3. The van der Waals surface area contributed by atoms with Crippen molar-refractivity contribution >= 4 is 27.6 Å². The molecule has 0 saturated heterocycles. The van der Waals surface area contributed by atoms with Crippen LogP contribution in [0, 0.1) is 0 Å². The fourth-order valence-corrected chi connectivity index (χ4v) is 2.82. The summed E-state index contributed by atoms with van der Waals surface area (Å²) in [5.41, 5.74) is 1.03. The van der Waals surface area contributed by atoms with Crippen molar-refractivity contribution in [1.82, 2.24) is 15.4 Å². The molecule has 0 aliphatic rings. The maximum Gasteiger partial charge on any atom is 0.208 e. The van der Waals surface area contributed by atoms with Gasteiger partial charge in [-0.1, -0.05) is 17.7 Å². The fraction of sp³-hybridized carbons (Fsp3) is 0.562. The first-order chi connectivity index (χ1) is 11.9. The van der Waals surface area contributed by atoms with E-state index in [0.29, 0.717) is 37.0 Å². The molecule has 0 aliphatic heterocycles. The lowest BCUT2D eigenvalue weighted by atomic mass is 10.1. The van der Waals surface area contributed by atoms with Crippen LogP contribution in [-0.4, -0.2) is 53.9 Å². The molecule has 0 heterocycles. The van der Waals surface area contributed by atoms with Gasteiger partial charge < -0.3 is 15.4 Å². The van der Waals surface area contributed by atoms with E-state index in [9.17, 15) is 8.42 Å². The van der Waals surface area contributed by atoms with Gasteiger partial charge in [-0.15, -0.1) is 0 Å². The Morgan fingerprint density at radius 3 is 2.64 bits per heavy atom. The first kappa shape index (κ1) is 21.5. The lowest BCUT2D eigenvalue weighted by Gasteiger charge is -2.12. The monoisotopic (exact) mass is 390 g/mol. The Kier molecular flexibility index (Phi) is 9.62. The van der Waals surface area contributed by atoms with E-state index in [1.54, 1.807) is 13.2 Å². The summed E-state index contributed by atoms with van der Waals surface area (Å²) in [6.45, 7) is 4.32. The highest BCUT2D eigenvalue weighted by molar-refractivity contribution is 7.88. The first-order valence-corrected chi connectivity index (χ1v) is 10.4. The Morgan fingerprint density at radius 2 is 2.04 bits per heavy atom. The predicted octanol–water partition coefficient (Wildman–Crippen LogP) is 1.39. The van der Waals surface area contributed by atoms with Gasteiger partial charge in [0.15, 0.2) is 5.96 Å². The zero-order chi connectivity index (χ0) is 18.7. The summed E-state index contributed by atoms with van der Waals surface area (Å²) >= 11 is 6.23. The molecule has 0 bridgehead atoms. The lowest BCUT2D eigenvalue weighted by molar-refractivity contribution is 0.414. The molecule has 9 heteroatoms. The van der Waals surface area contributed by atoms with Crippen LogP contribution in [0.15, 0.2) is 23.2 Å². The van der Waals surface area contributed by atoms with Gasteiger partial charge >= 0.3 is 0 Å². The number of sulfonamides is 1. The Bertz CT molecular complexity index is 665. The van der Waals surface area contributed by atoms with E-state index in [1.807, 2.05) is 19.1 Å². The van der Waals surface area contributed by atoms with Gasteiger partial charge in [-0.2, -0.15) is 0 Å². The van der Waals surface area contributed by atoms with Gasteiger partial charge in [-0.05, 0) is 37.5 Å². The van der Waals surface area contributed by atoms with Gasteiger partial charge in [0.2, 0.25) is 10.0 Å². The van der Waals surface area contributed by atoms with Gasteiger partial charge in [0.1, 0.15) is 5.75 Å². The molecule has 1 aromatic carbocycles. The predicted molar refractivity (Wildman–Crippen MR) is 103 cm³/mol. The van der Waals surface area contributed by atoms with Gasteiger partial charge in [0, 0.05) is 31.2 Å². The molecule has 3 N–H and O–H groups in total. The Balaban J connectivity index is 2.43. The summed E-state index contributed by atoms with van der Waals surface area (Å²) in [7, 11) is -1.53. The largest absolute Gasteiger partial charge is 0.497 e. The molecular formula is C16H27ClN4O3S. The van der Waals surface area contributed by atoms with Crippen LogP contribution in [0.1, 0.15) is 18.9 Å². The van der Waals surface area contributed by atoms with Crippen molar-refractivity contribution in [1.29, 1.82) is 0 Å². The Hall–Kier alpha value is -1.51. The molecule has 0 radical (unpaired) electrons. The number of ether oxygens (including phenoxy) is 1.